The van der Waals surface area contributed by atoms with Crippen molar-refractivity contribution in [2.24, 2.45) is 0 Å². The number of benzene rings is 1. The molecular weight excluding hydrogens is 268 g/mol. The van der Waals surface area contributed by atoms with Crippen LogP contribution in [-0.4, -0.2) is 22.5 Å². The molecule has 0 saturated carbocycles. The van der Waals surface area contributed by atoms with Gasteiger partial charge in [-0.15, -0.1) is 0 Å². The van der Waals surface area contributed by atoms with E-state index in [-0.39, 0.29) is 0 Å². The molecule has 0 N–H and O–H groups in total. The summed E-state index contributed by atoms with van der Waals surface area (Å²) in [6, 6.07) is 10.8. The van der Waals surface area contributed by atoms with Gasteiger partial charge in [0.1, 0.15) is 6.17 Å². The lowest BCUT2D eigenvalue weighted by Crippen LogP contribution is -2.38. The van der Waals surface area contributed by atoms with Crippen molar-refractivity contribution in [1.82, 2.24) is 9.80 Å². The van der Waals surface area contributed by atoms with Gasteiger partial charge in [0.05, 0.1) is 0 Å². The molecule has 2 rings (SSSR count). The molecule has 22 heavy (non-hydrogen) atoms. The van der Waals surface area contributed by atoms with Gasteiger partial charge in [0.2, 0.25) is 0 Å². The van der Waals surface area contributed by atoms with Crippen LogP contribution in [0.1, 0.15) is 64.4 Å². The third-order valence-electron chi connectivity index (χ3n) is 4.49. The van der Waals surface area contributed by atoms with Gasteiger partial charge in [0, 0.05) is 25.5 Å². The molecule has 0 amide bonds. The van der Waals surface area contributed by atoms with Crippen molar-refractivity contribution >= 4 is 0 Å². The summed E-state index contributed by atoms with van der Waals surface area (Å²) in [5.74, 6) is 0. The number of nitrogens with zero attached hydrogens (tertiary/aromatic N) is 2. The Morgan fingerprint density at radius 2 is 1.55 bits per heavy atom. The smallest absolute Gasteiger partial charge is 0.101 e. The van der Waals surface area contributed by atoms with E-state index in [2.05, 4.69) is 66.4 Å². The fourth-order valence-corrected chi connectivity index (χ4v) is 3.22. The van der Waals surface area contributed by atoms with Crippen LogP contribution in [0.4, 0.5) is 0 Å². The molecule has 1 aromatic carbocycles. The average Bonchev–Trinajstić information content (AvgIpc) is 2.91. The van der Waals surface area contributed by atoms with Gasteiger partial charge in [-0.1, -0.05) is 76.3 Å². The quantitative estimate of drug-likeness (QED) is 0.536. The van der Waals surface area contributed by atoms with Gasteiger partial charge < -0.3 is 9.80 Å². The van der Waals surface area contributed by atoms with Crippen LogP contribution in [0.5, 0.6) is 0 Å². The molecule has 122 valence electrons. The second-order valence-electron chi connectivity index (χ2n) is 6.38. The Hall–Kier alpha value is -1.44. The maximum Gasteiger partial charge on any atom is 0.101 e. The molecule has 1 atom stereocenters. The summed E-state index contributed by atoms with van der Waals surface area (Å²) in [6.07, 6.45) is 14.4. The van der Waals surface area contributed by atoms with E-state index in [0.29, 0.717) is 6.17 Å². The van der Waals surface area contributed by atoms with Crippen LogP contribution in [0, 0.1) is 0 Å². The highest BCUT2D eigenvalue weighted by Gasteiger charge is 2.24. The van der Waals surface area contributed by atoms with E-state index in [0.717, 1.165) is 6.54 Å². The lowest BCUT2D eigenvalue weighted by atomic mass is 10.1. The second kappa shape index (κ2) is 9.55. The minimum atomic E-state index is 0.552. The largest absolute Gasteiger partial charge is 0.356 e. The fourth-order valence-electron chi connectivity index (χ4n) is 3.22. The van der Waals surface area contributed by atoms with Gasteiger partial charge >= 0.3 is 0 Å². The molecular formula is C20H32N2. The van der Waals surface area contributed by atoms with Gasteiger partial charge in [-0.25, -0.2) is 0 Å². The minimum absolute atomic E-state index is 0.552. The number of hydrogen-bond acceptors (Lipinski definition) is 2. The van der Waals surface area contributed by atoms with Gasteiger partial charge in [0.25, 0.3) is 0 Å². The first-order valence-corrected chi connectivity index (χ1v) is 9.09. The van der Waals surface area contributed by atoms with Crippen LogP contribution < -0.4 is 0 Å². The Labute approximate surface area is 136 Å². The zero-order chi connectivity index (χ0) is 15.6. The molecule has 2 heteroatoms. The normalized spacial score (nSPS) is 17.5. The van der Waals surface area contributed by atoms with Crippen LogP contribution >= 0.6 is 0 Å². The molecule has 0 spiro atoms. The summed E-state index contributed by atoms with van der Waals surface area (Å²) in [7, 11) is 0. The van der Waals surface area contributed by atoms with Gasteiger partial charge in [-0.05, 0) is 18.4 Å². The Morgan fingerprint density at radius 3 is 2.27 bits per heavy atom. The number of unbranched alkanes of at least 4 members (excludes halogenated alkanes) is 4. The summed E-state index contributed by atoms with van der Waals surface area (Å²) < 4.78 is 0. The first-order chi connectivity index (χ1) is 10.8. The van der Waals surface area contributed by atoms with E-state index in [9.17, 15) is 0 Å². The van der Waals surface area contributed by atoms with E-state index in [4.69, 9.17) is 0 Å². The Morgan fingerprint density at radius 1 is 0.818 bits per heavy atom. The SMILES string of the molecule is CCCCCCCN1C=CN(Cc2ccccc2)C1CCC. The first-order valence-electron chi connectivity index (χ1n) is 9.09. The van der Waals surface area contributed by atoms with Crippen LogP contribution in [0.15, 0.2) is 42.7 Å². The number of rotatable bonds is 10. The molecule has 1 unspecified atom stereocenters. The molecule has 0 saturated heterocycles. The zero-order valence-corrected chi connectivity index (χ0v) is 14.4. The predicted octanol–water partition coefficient (Wildman–Crippen LogP) is 5.37. The Balaban J connectivity index is 1.83. The monoisotopic (exact) mass is 300 g/mol. The van der Waals surface area contributed by atoms with Crippen LogP contribution in [0.25, 0.3) is 0 Å². The molecule has 1 aliphatic rings. The molecule has 0 radical (unpaired) electrons. The summed E-state index contributed by atoms with van der Waals surface area (Å²) in [6.45, 7) is 6.80. The van der Waals surface area contributed by atoms with Crippen LogP contribution in [-0.2, 0) is 6.54 Å². The summed E-state index contributed by atoms with van der Waals surface area (Å²) in [5.41, 5.74) is 1.40. The fraction of sp³-hybridized carbons (Fsp3) is 0.600. The second-order valence-corrected chi connectivity index (χ2v) is 6.38. The maximum atomic E-state index is 2.55. The molecule has 0 aromatic heterocycles. The van der Waals surface area contributed by atoms with Gasteiger partial charge in [-0.2, -0.15) is 0 Å². The van der Waals surface area contributed by atoms with E-state index < -0.39 is 0 Å². The van der Waals surface area contributed by atoms with E-state index >= 15 is 0 Å². The molecule has 2 nitrogen and oxygen atoms in total. The molecule has 0 fully saturated rings. The van der Waals surface area contributed by atoms with E-state index in [1.807, 2.05) is 0 Å². The number of hydrogen-bond donors (Lipinski definition) is 0. The highest BCUT2D eigenvalue weighted by molar-refractivity contribution is 5.15. The van der Waals surface area contributed by atoms with Crippen LogP contribution in [0.3, 0.4) is 0 Å². The van der Waals surface area contributed by atoms with Crippen molar-refractivity contribution in [3.05, 3.63) is 48.3 Å². The third kappa shape index (κ3) is 5.08. The van der Waals surface area contributed by atoms with Crippen molar-refractivity contribution in [2.75, 3.05) is 6.54 Å². The lowest BCUT2D eigenvalue weighted by Gasteiger charge is -2.33. The zero-order valence-electron chi connectivity index (χ0n) is 14.4. The van der Waals surface area contributed by atoms with Crippen LogP contribution in [0.2, 0.25) is 0 Å². The average molecular weight is 300 g/mol. The maximum absolute atomic E-state index is 2.55. The van der Waals surface area contributed by atoms with Crippen molar-refractivity contribution < 1.29 is 0 Å². The predicted molar refractivity (Wildman–Crippen MR) is 95.3 cm³/mol. The van der Waals surface area contributed by atoms with Crippen molar-refractivity contribution in [2.45, 2.75) is 71.5 Å². The van der Waals surface area contributed by atoms with Crippen molar-refractivity contribution in [1.29, 1.82) is 0 Å². The highest BCUT2D eigenvalue weighted by Crippen LogP contribution is 2.23. The Kier molecular flexibility index (Phi) is 7.35. The van der Waals surface area contributed by atoms with Crippen molar-refractivity contribution in [3.63, 3.8) is 0 Å². The molecule has 0 aliphatic carbocycles. The standard InChI is InChI=1S/C20H32N2/c1-3-5-6-7-11-15-21-16-17-22(20(21)12-4-2)18-19-13-9-8-10-14-19/h8-10,13-14,16-17,20H,3-7,11-12,15,18H2,1-2H3. The molecule has 1 aliphatic heterocycles. The topological polar surface area (TPSA) is 6.48 Å². The third-order valence-corrected chi connectivity index (χ3v) is 4.49. The van der Waals surface area contributed by atoms with Crippen molar-refractivity contribution in [3.8, 4) is 0 Å². The molecule has 1 heterocycles. The first kappa shape index (κ1) is 16.9. The molecule has 1 aromatic rings. The summed E-state index contributed by atoms with van der Waals surface area (Å²) in [4.78, 5) is 5.06. The Bertz CT molecular complexity index is 427. The van der Waals surface area contributed by atoms with Gasteiger partial charge in [0.15, 0.2) is 0 Å². The van der Waals surface area contributed by atoms with E-state index in [1.165, 1.54) is 57.1 Å². The van der Waals surface area contributed by atoms with E-state index in [1.54, 1.807) is 0 Å². The highest BCUT2D eigenvalue weighted by atomic mass is 15.4. The molecule has 0 bridgehead atoms. The summed E-state index contributed by atoms with van der Waals surface area (Å²) in [5, 5.41) is 0. The lowest BCUT2D eigenvalue weighted by molar-refractivity contribution is 0.134. The van der Waals surface area contributed by atoms with Gasteiger partial charge in [-0.3, -0.25) is 0 Å². The summed E-state index contributed by atoms with van der Waals surface area (Å²) >= 11 is 0. The minimum Gasteiger partial charge on any atom is -0.356 e.